The first-order valence-electron chi connectivity index (χ1n) is 20.0. The maximum absolute atomic E-state index is 6.73. The Morgan fingerprint density at radius 3 is 1.42 bits per heavy atom. The second-order valence-electron chi connectivity index (χ2n) is 15.0. The molecule has 0 N–H and O–H groups in total. The van der Waals surface area contributed by atoms with Crippen LogP contribution in [-0.2, 0) is 0 Å². The van der Waals surface area contributed by atoms with Gasteiger partial charge in [-0.3, -0.25) is 0 Å². The molecule has 276 valence electrons. The van der Waals surface area contributed by atoms with E-state index in [4.69, 9.17) is 14.4 Å². The highest BCUT2D eigenvalue weighted by atomic mass is 16.3. The fourth-order valence-corrected chi connectivity index (χ4v) is 8.29. The molecule has 2 aromatic heterocycles. The molecule has 0 aliphatic heterocycles. The van der Waals surface area contributed by atoms with Crippen molar-refractivity contribution in [2.24, 2.45) is 0 Å². The summed E-state index contributed by atoms with van der Waals surface area (Å²) in [7, 11) is 0. The average molecular weight is 753 g/mol. The minimum Gasteiger partial charge on any atom is -0.455 e. The molecule has 0 saturated heterocycles. The number of hydrogen-bond donors (Lipinski definition) is 0. The van der Waals surface area contributed by atoms with Crippen LogP contribution < -0.4 is 0 Å². The normalized spacial score (nSPS) is 11.4. The van der Waals surface area contributed by atoms with Crippen molar-refractivity contribution < 1.29 is 4.42 Å². The third kappa shape index (κ3) is 6.45. The lowest BCUT2D eigenvalue weighted by Gasteiger charge is -2.11. The zero-order chi connectivity index (χ0) is 39.1. The Hall–Kier alpha value is -7.88. The fraction of sp³-hybridized carbons (Fsp3) is 0. The van der Waals surface area contributed by atoms with Crippen molar-refractivity contribution in [3.8, 4) is 78.4 Å². The average Bonchev–Trinajstić information content (AvgIpc) is 3.70. The molecule has 0 aliphatic rings. The number of aromatic nitrogens is 2. The van der Waals surface area contributed by atoms with Gasteiger partial charge in [0.25, 0.3) is 0 Å². The lowest BCUT2D eigenvalue weighted by atomic mass is 9.93. The molecule has 3 nitrogen and oxygen atoms in total. The zero-order valence-electron chi connectivity index (χ0n) is 32.1. The molecule has 59 heavy (non-hydrogen) atoms. The maximum Gasteiger partial charge on any atom is 0.160 e. The van der Waals surface area contributed by atoms with Crippen LogP contribution in [0.1, 0.15) is 0 Å². The van der Waals surface area contributed by atoms with E-state index >= 15 is 0 Å². The minimum atomic E-state index is 0.696. The highest BCUT2D eigenvalue weighted by Crippen LogP contribution is 2.42. The van der Waals surface area contributed by atoms with E-state index in [1.54, 1.807) is 0 Å². The van der Waals surface area contributed by atoms with Crippen molar-refractivity contribution in [3.63, 3.8) is 0 Å². The third-order valence-corrected chi connectivity index (χ3v) is 11.3. The molecule has 0 aliphatic carbocycles. The Kier molecular flexibility index (Phi) is 8.49. The van der Waals surface area contributed by atoms with Gasteiger partial charge in [-0.2, -0.15) is 0 Å². The largest absolute Gasteiger partial charge is 0.455 e. The summed E-state index contributed by atoms with van der Waals surface area (Å²) in [5, 5.41) is 4.50. The SMILES string of the molecule is c1ccc(-c2cccc(-c3cc(-c4ccc(-c5ccc6c(c5)oc5c7ccccc7c(-c7cccc(-c8ccccc8)c7)cc65)cc4)nc(-c4ccccc4)n3)c2)cc1. The summed E-state index contributed by atoms with van der Waals surface area (Å²) in [6, 6.07) is 76.8. The number of rotatable bonds is 7. The predicted molar refractivity (Wildman–Crippen MR) is 245 cm³/mol. The van der Waals surface area contributed by atoms with Gasteiger partial charge in [0.05, 0.1) is 11.4 Å². The van der Waals surface area contributed by atoms with E-state index in [2.05, 4.69) is 194 Å². The highest BCUT2D eigenvalue weighted by molar-refractivity contribution is 6.19. The van der Waals surface area contributed by atoms with Gasteiger partial charge in [0, 0.05) is 32.8 Å². The van der Waals surface area contributed by atoms with Crippen LogP contribution in [0, 0.1) is 0 Å². The van der Waals surface area contributed by atoms with Crippen molar-refractivity contribution in [1.82, 2.24) is 9.97 Å². The van der Waals surface area contributed by atoms with Crippen LogP contribution in [-0.4, -0.2) is 9.97 Å². The Balaban J connectivity index is 0.965. The summed E-state index contributed by atoms with van der Waals surface area (Å²) in [6.07, 6.45) is 0. The summed E-state index contributed by atoms with van der Waals surface area (Å²) in [6.45, 7) is 0. The first-order valence-corrected chi connectivity index (χ1v) is 20.0. The van der Waals surface area contributed by atoms with Crippen LogP contribution in [0.4, 0.5) is 0 Å². The molecule has 0 spiro atoms. The van der Waals surface area contributed by atoms with Crippen molar-refractivity contribution in [2.45, 2.75) is 0 Å². The molecule has 0 bridgehead atoms. The van der Waals surface area contributed by atoms with Crippen LogP contribution >= 0.6 is 0 Å². The van der Waals surface area contributed by atoms with Gasteiger partial charge in [-0.05, 0) is 86.3 Å². The van der Waals surface area contributed by atoms with E-state index in [9.17, 15) is 0 Å². The van der Waals surface area contributed by atoms with Crippen LogP contribution in [0.15, 0.2) is 223 Å². The topological polar surface area (TPSA) is 38.9 Å². The molecule has 0 atom stereocenters. The predicted octanol–water partition coefficient (Wildman–Crippen LogP) is 15.2. The molecule has 9 aromatic carbocycles. The molecule has 2 heterocycles. The Bertz CT molecular complexity index is 3300. The Morgan fingerprint density at radius 1 is 0.271 bits per heavy atom. The van der Waals surface area contributed by atoms with Gasteiger partial charge in [-0.1, -0.05) is 182 Å². The smallest absolute Gasteiger partial charge is 0.160 e. The number of nitrogens with zero attached hydrogens (tertiary/aromatic N) is 2. The molecular weight excluding hydrogens is 717 g/mol. The van der Waals surface area contributed by atoms with E-state index in [0.29, 0.717) is 5.82 Å². The van der Waals surface area contributed by atoms with E-state index < -0.39 is 0 Å². The van der Waals surface area contributed by atoms with E-state index in [1.807, 2.05) is 24.3 Å². The second kappa shape index (κ2) is 14.6. The van der Waals surface area contributed by atoms with E-state index in [-0.39, 0.29) is 0 Å². The van der Waals surface area contributed by atoms with Crippen LogP contribution in [0.5, 0.6) is 0 Å². The molecule has 0 saturated carbocycles. The summed E-state index contributed by atoms with van der Waals surface area (Å²) < 4.78 is 6.73. The van der Waals surface area contributed by atoms with E-state index in [1.165, 1.54) is 33.2 Å². The molecule has 11 aromatic rings. The van der Waals surface area contributed by atoms with Gasteiger partial charge in [-0.15, -0.1) is 0 Å². The summed E-state index contributed by atoms with van der Waals surface area (Å²) in [5.74, 6) is 0.696. The first kappa shape index (κ1) is 34.4. The van der Waals surface area contributed by atoms with Crippen LogP contribution in [0.25, 0.3) is 111 Å². The molecular formula is C56H36N2O. The van der Waals surface area contributed by atoms with Crippen molar-refractivity contribution in [2.75, 3.05) is 0 Å². The number of furan rings is 1. The van der Waals surface area contributed by atoms with Gasteiger partial charge < -0.3 is 4.42 Å². The molecule has 11 rings (SSSR count). The fourth-order valence-electron chi connectivity index (χ4n) is 8.29. The van der Waals surface area contributed by atoms with Gasteiger partial charge in [0.1, 0.15) is 11.2 Å². The number of fused-ring (bicyclic) bond motifs is 5. The first-order chi connectivity index (χ1) is 29.2. The molecule has 0 unspecified atom stereocenters. The molecule has 3 heteroatoms. The second-order valence-corrected chi connectivity index (χ2v) is 15.0. The number of hydrogen-bond acceptors (Lipinski definition) is 3. The third-order valence-electron chi connectivity index (χ3n) is 11.3. The Morgan fingerprint density at radius 2 is 0.746 bits per heavy atom. The quantitative estimate of drug-likeness (QED) is 0.163. The standard InChI is InChI=1S/C56H36N2O/c1-4-14-37(15-5-1)42-20-12-22-45(32-42)50-35-51-48-31-30-44(34-54(48)59-55(51)49-25-11-10-24-47(49)50)39-26-28-40(29-27-39)52-36-53(58-56(57-52)41-18-8-3-9-19-41)46-23-13-21-43(33-46)38-16-6-2-7-17-38/h1-36H. The van der Waals surface area contributed by atoms with Gasteiger partial charge in [-0.25, -0.2) is 9.97 Å². The summed E-state index contributed by atoms with van der Waals surface area (Å²) >= 11 is 0. The van der Waals surface area contributed by atoms with Crippen molar-refractivity contribution in [3.05, 3.63) is 218 Å². The van der Waals surface area contributed by atoms with Gasteiger partial charge >= 0.3 is 0 Å². The lowest BCUT2D eigenvalue weighted by molar-refractivity contribution is 0.673. The van der Waals surface area contributed by atoms with Gasteiger partial charge in [0.15, 0.2) is 5.82 Å². The van der Waals surface area contributed by atoms with Crippen LogP contribution in [0.2, 0.25) is 0 Å². The molecule has 0 amide bonds. The zero-order valence-corrected chi connectivity index (χ0v) is 32.1. The van der Waals surface area contributed by atoms with E-state index in [0.717, 1.165) is 72.1 Å². The van der Waals surface area contributed by atoms with Gasteiger partial charge in [0.2, 0.25) is 0 Å². The highest BCUT2D eigenvalue weighted by Gasteiger charge is 2.17. The summed E-state index contributed by atoms with van der Waals surface area (Å²) in [4.78, 5) is 10.2. The minimum absolute atomic E-state index is 0.696. The molecule has 0 radical (unpaired) electrons. The monoisotopic (exact) mass is 752 g/mol. The maximum atomic E-state index is 6.73. The van der Waals surface area contributed by atoms with Crippen molar-refractivity contribution >= 4 is 32.7 Å². The number of benzene rings is 9. The van der Waals surface area contributed by atoms with Crippen molar-refractivity contribution in [1.29, 1.82) is 0 Å². The lowest BCUT2D eigenvalue weighted by Crippen LogP contribution is -1.96. The van der Waals surface area contributed by atoms with Crippen LogP contribution in [0.3, 0.4) is 0 Å². The summed E-state index contributed by atoms with van der Waals surface area (Å²) in [5.41, 5.74) is 15.9. The molecule has 0 fully saturated rings. The Labute approximate surface area is 342 Å².